The fourth-order valence-corrected chi connectivity index (χ4v) is 1.64. The molecule has 82 valence electrons. The first kappa shape index (κ1) is 10.5. The molecule has 0 aliphatic heterocycles. The van der Waals surface area contributed by atoms with Crippen molar-refractivity contribution in [2.24, 2.45) is 0 Å². The van der Waals surface area contributed by atoms with E-state index in [9.17, 15) is 13.6 Å². The molecular formula is C12H8F2O2. The van der Waals surface area contributed by atoms with Crippen molar-refractivity contribution < 1.29 is 18.7 Å². The molecule has 0 saturated carbocycles. The zero-order chi connectivity index (χ0) is 11.7. The Hall–Kier alpha value is -1.97. The fourth-order valence-electron chi connectivity index (χ4n) is 1.64. The lowest BCUT2D eigenvalue weighted by Gasteiger charge is -2.06. The smallest absolute Gasteiger partial charge is 0.336 e. The van der Waals surface area contributed by atoms with E-state index in [1.54, 1.807) is 24.3 Å². The van der Waals surface area contributed by atoms with Crippen molar-refractivity contribution in [2.75, 3.05) is 0 Å². The Morgan fingerprint density at radius 1 is 1.19 bits per heavy atom. The van der Waals surface area contributed by atoms with Gasteiger partial charge in [0.1, 0.15) is 0 Å². The lowest BCUT2D eigenvalue weighted by molar-refractivity contribution is 0.0698. The summed E-state index contributed by atoms with van der Waals surface area (Å²) in [6.07, 6.45) is -2.66. The maximum atomic E-state index is 12.5. The van der Waals surface area contributed by atoms with Crippen LogP contribution in [0.3, 0.4) is 0 Å². The van der Waals surface area contributed by atoms with Crippen molar-refractivity contribution in [1.82, 2.24) is 0 Å². The Balaban J connectivity index is 2.79. The molecule has 0 heterocycles. The van der Waals surface area contributed by atoms with Crippen LogP contribution in [0.4, 0.5) is 8.78 Å². The van der Waals surface area contributed by atoms with E-state index < -0.39 is 12.4 Å². The lowest BCUT2D eigenvalue weighted by atomic mass is 10.0. The van der Waals surface area contributed by atoms with E-state index in [1.807, 2.05) is 0 Å². The van der Waals surface area contributed by atoms with E-state index in [0.717, 1.165) is 6.07 Å². The number of hydrogen-bond donors (Lipinski definition) is 1. The van der Waals surface area contributed by atoms with Crippen LogP contribution in [0.5, 0.6) is 0 Å². The minimum Gasteiger partial charge on any atom is -0.478 e. The van der Waals surface area contributed by atoms with Gasteiger partial charge in [-0.2, -0.15) is 0 Å². The Kier molecular flexibility index (Phi) is 2.56. The van der Waals surface area contributed by atoms with Gasteiger partial charge in [0.2, 0.25) is 0 Å². The molecule has 1 N–H and O–H groups in total. The monoisotopic (exact) mass is 222 g/mol. The minimum atomic E-state index is -2.66. The molecule has 2 nitrogen and oxygen atoms in total. The molecule has 0 atom stereocenters. The molecule has 0 saturated heterocycles. The summed E-state index contributed by atoms with van der Waals surface area (Å²) in [6, 6.07) is 8.92. The van der Waals surface area contributed by atoms with E-state index in [4.69, 9.17) is 5.11 Å². The quantitative estimate of drug-likeness (QED) is 0.844. The van der Waals surface area contributed by atoms with Gasteiger partial charge >= 0.3 is 5.97 Å². The molecular weight excluding hydrogens is 214 g/mol. The van der Waals surface area contributed by atoms with Gasteiger partial charge in [0.05, 0.1) is 5.56 Å². The summed E-state index contributed by atoms with van der Waals surface area (Å²) in [4.78, 5) is 10.9. The Morgan fingerprint density at radius 3 is 2.50 bits per heavy atom. The molecule has 0 bridgehead atoms. The van der Waals surface area contributed by atoms with Crippen LogP contribution >= 0.6 is 0 Å². The first-order valence-electron chi connectivity index (χ1n) is 4.63. The summed E-state index contributed by atoms with van der Waals surface area (Å²) in [5.74, 6) is -1.20. The number of fused-ring (bicyclic) bond motifs is 1. The van der Waals surface area contributed by atoms with Crippen LogP contribution in [0.1, 0.15) is 22.3 Å². The first-order valence-corrected chi connectivity index (χ1v) is 4.63. The third kappa shape index (κ3) is 1.74. The third-order valence-corrected chi connectivity index (χ3v) is 2.37. The van der Waals surface area contributed by atoms with Crippen molar-refractivity contribution in [1.29, 1.82) is 0 Å². The molecule has 0 fully saturated rings. The van der Waals surface area contributed by atoms with Gasteiger partial charge in [-0.25, -0.2) is 13.6 Å². The summed E-state index contributed by atoms with van der Waals surface area (Å²) < 4.78 is 25.1. The van der Waals surface area contributed by atoms with Gasteiger partial charge in [-0.1, -0.05) is 24.3 Å². The zero-order valence-electron chi connectivity index (χ0n) is 8.15. The topological polar surface area (TPSA) is 37.3 Å². The van der Waals surface area contributed by atoms with Gasteiger partial charge < -0.3 is 5.11 Å². The number of hydrogen-bond acceptors (Lipinski definition) is 1. The zero-order valence-corrected chi connectivity index (χ0v) is 8.15. The highest BCUT2D eigenvalue weighted by Gasteiger charge is 2.14. The predicted octanol–water partition coefficient (Wildman–Crippen LogP) is 3.48. The third-order valence-electron chi connectivity index (χ3n) is 2.37. The molecule has 0 radical (unpaired) electrons. The summed E-state index contributed by atoms with van der Waals surface area (Å²) >= 11 is 0. The predicted molar refractivity (Wildman–Crippen MR) is 55.9 cm³/mol. The first-order chi connectivity index (χ1) is 7.59. The Labute approximate surface area is 90.1 Å². The molecule has 2 rings (SSSR count). The van der Waals surface area contributed by atoms with Gasteiger partial charge in [0.15, 0.2) is 0 Å². The van der Waals surface area contributed by atoms with E-state index in [0.29, 0.717) is 10.8 Å². The van der Waals surface area contributed by atoms with Gasteiger partial charge in [-0.05, 0) is 22.9 Å². The minimum absolute atomic E-state index is 0.0894. The van der Waals surface area contributed by atoms with E-state index in [2.05, 4.69) is 0 Å². The largest absolute Gasteiger partial charge is 0.478 e. The van der Waals surface area contributed by atoms with Crippen LogP contribution in [-0.4, -0.2) is 11.1 Å². The average molecular weight is 222 g/mol. The second kappa shape index (κ2) is 3.89. The number of halogens is 2. The summed E-state index contributed by atoms with van der Waals surface area (Å²) in [5.41, 5.74) is -0.357. The van der Waals surface area contributed by atoms with Crippen LogP contribution in [0.25, 0.3) is 10.8 Å². The van der Waals surface area contributed by atoms with Gasteiger partial charge in [0.25, 0.3) is 6.43 Å². The maximum Gasteiger partial charge on any atom is 0.336 e. The fraction of sp³-hybridized carbons (Fsp3) is 0.0833. The summed E-state index contributed by atoms with van der Waals surface area (Å²) in [7, 11) is 0. The maximum absolute atomic E-state index is 12.5. The Morgan fingerprint density at radius 2 is 1.88 bits per heavy atom. The number of benzene rings is 2. The van der Waals surface area contributed by atoms with Crippen molar-refractivity contribution in [3.8, 4) is 0 Å². The number of alkyl halides is 2. The van der Waals surface area contributed by atoms with E-state index in [-0.39, 0.29) is 11.1 Å². The highest BCUT2D eigenvalue weighted by Crippen LogP contribution is 2.27. The van der Waals surface area contributed by atoms with Gasteiger partial charge in [-0.3, -0.25) is 0 Å². The molecule has 4 heteroatoms. The standard InChI is InChI=1S/C12H8F2O2/c13-11(14)8-5-7-3-1-2-4-9(7)10(6-8)12(15)16/h1-6,11H,(H,15,16). The molecule has 0 aromatic heterocycles. The van der Waals surface area contributed by atoms with Crippen molar-refractivity contribution in [3.63, 3.8) is 0 Å². The molecule has 0 spiro atoms. The number of carboxylic acids is 1. The van der Waals surface area contributed by atoms with Gasteiger partial charge in [-0.15, -0.1) is 0 Å². The van der Waals surface area contributed by atoms with Crippen LogP contribution in [0.2, 0.25) is 0 Å². The molecule has 0 aliphatic rings. The highest BCUT2D eigenvalue weighted by molar-refractivity contribution is 6.04. The van der Waals surface area contributed by atoms with E-state index >= 15 is 0 Å². The number of aromatic carboxylic acids is 1. The number of carboxylic acid groups (broad SMARTS) is 1. The molecule has 0 aliphatic carbocycles. The molecule has 0 amide bonds. The lowest BCUT2D eigenvalue weighted by Crippen LogP contribution is -1.99. The van der Waals surface area contributed by atoms with Crippen molar-refractivity contribution >= 4 is 16.7 Å². The molecule has 2 aromatic rings. The molecule has 0 unspecified atom stereocenters. The second-order valence-electron chi connectivity index (χ2n) is 3.40. The van der Waals surface area contributed by atoms with Crippen LogP contribution in [0.15, 0.2) is 36.4 Å². The van der Waals surface area contributed by atoms with Gasteiger partial charge in [0, 0.05) is 5.56 Å². The summed E-state index contributed by atoms with van der Waals surface area (Å²) in [6.45, 7) is 0. The average Bonchev–Trinajstić information content (AvgIpc) is 2.27. The molecule has 2 aromatic carbocycles. The normalized spacial score (nSPS) is 10.9. The van der Waals surface area contributed by atoms with Crippen LogP contribution < -0.4 is 0 Å². The van der Waals surface area contributed by atoms with E-state index in [1.165, 1.54) is 6.07 Å². The second-order valence-corrected chi connectivity index (χ2v) is 3.40. The number of rotatable bonds is 2. The SMILES string of the molecule is O=C(O)c1cc(C(F)F)cc2ccccc12. The summed E-state index contributed by atoms with van der Waals surface area (Å²) in [5, 5.41) is 9.93. The van der Waals surface area contributed by atoms with Crippen LogP contribution in [-0.2, 0) is 0 Å². The highest BCUT2D eigenvalue weighted by atomic mass is 19.3. The Bertz CT molecular complexity index is 550. The van der Waals surface area contributed by atoms with Crippen LogP contribution in [0, 0.1) is 0 Å². The molecule has 16 heavy (non-hydrogen) atoms. The van der Waals surface area contributed by atoms with Crippen molar-refractivity contribution in [3.05, 3.63) is 47.5 Å². The van der Waals surface area contributed by atoms with Crippen molar-refractivity contribution in [2.45, 2.75) is 6.43 Å². The number of carbonyl (C=O) groups is 1.